The van der Waals surface area contributed by atoms with Crippen LogP contribution in [0.25, 0.3) is 0 Å². The summed E-state index contributed by atoms with van der Waals surface area (Å²) < 4.78 is 4.51. The zero-order chi connectivity index (χ0) is 13.7. The minimum atomic E-state index is -0.533. The summed E-state index contributed by atoms with van der Waals surface area (Å²) in [6.45, 7) is 1.17. The Kier molecular flexibility index (Phi) is 4.08. The molecule has 6 heteroatoms. The molecule has 0 saturated carbocycles. The van der Waals surface area contributed by atoms with Gasteiger partial charge in [-0.1, -0.05) is 5.92 Å². The molecule has 1 aliphatic rings. The number of carbonyl (C=O) groups is 2. The van der Waals surface area contributed by atoms with E-state index >= 15 is 0 Å². The van der Waals surface area contributed by atoms with E-state index in [0.717, 1.165) is 13.0 Å². The largest absolute Gasteiger partial charge is 0.464 e. The second-order valence-electron chi connectivity index (χ2n) is 4.02. The molecule has 19 heavy (non-hydrogen) atoms. The molecule has 0 aliphatic carbocycles. The van der Waals surface area contributed by atoms with Crippen LogP contribution < -0.4 is 0 Å². The molecular formula is C13H13N3O3. The average molecular weight is 259 g/mol. The predicted octanol–water partition coefficient (Wildman–Crippen LogP) is 0.237. The van der Waals surface area contributed by atoms with Crippen LogP contribution in [0, 0.1) is 11.8 Å². The molecular weight excluding hydrogens is 246 g/mol. The Bertz CT molecular complexity index is 542. The lowest BCUT2D eigenvalue weighted by Crippen LogP contribution is -2.24. The number of likely N-dealkylation sites (tertiary alicyclic amines) is 1. The van der Waals surface area contributed by atoms with Crippen LogP contribution in [0.15, 0.2) is 12.1 Å². The quantitative estimate of drug-likeness (QED) is 0.562. The van der Waals surface area contributed by atoms with E-state index in [1.165, 1.54) is 13.2 Å². The Labute approximate surface area is 110 Å². The average Bonchev–Trinajstić information content (AvgIpc) is 2.84. The number of amides is 1. The third kappa shape index (κ3) is 3.28. The molecule has 1 aromatic rings. The van der Waals surface area contributed by atoms with Crippen molar-refractivity contribution in [1.29, 1.82) is 0 Å². The number of nitrogens with zero attached hydrogens (tertiary/aromatic N) is 3. The summed E-state index contributed by atoms with van der Waals surface area (Å²) in [6.07, 6.45) is 1.50. The first kappa shape index (κ1) is 13.0. The van der Waals surface area contributed by atoms with Gasteiger partial charge < -0.3 is 9.64 Å². The standard InChI is InChI=1S/C13H13N3O3/c1-19-13(18)11-7-6-10(14-15-11)4-2-8-16-9-3-5-12(16)17/h6-7H,3,5,8-9H2,1H3. The van der Waals surface area contributed by atoms with Crippen LogP contribution in [-0.2, 0) is 9.53 Å². The van der Waals surface area contributed by atoms with E-state index in [-0.39, 0.29) is 11.6 Å². The van der Waals surface area contributed by atoms with Gasteiger partial charge in [0.05, 0.1) is 13.7 Å². The first-order chi connectivity index (χ1) is 9.20. The van der Waals surface area contributed by atoms with E-state index < -0.39 is 5.97 Å². The van der Waals surface area contributed by atoms with Gasteiger partial charge in [0, 0.05) is 13.0 Å². The lowest BCUT2D eigenvalue weighted by atomic mass is 10.3. The number of rotatable bonds is 2. The molecule has 98 valence electrons. The van der Waals surface area contributed by atoms with Gasteiger partial charge in [-0.3, -0.25) is 4.79 Å². The predicted molar refractivity (Wildman–Crippen MR) is 66.1 cm³/mol. The van der Waals surface area contributed by atoms with Crippen LogP contribution >= 0.6 is 0 Å². The molecule has 0 aromatic carbocycles. The van der Waals surface area contributed by atoms with Gasteiger partial charge in [-0.2, -0.15) is 0 Å². The van der Waals surface area contributed by atoms with Gasteiger partial charge in [0.1, 0.15) is 5.69 Å². The minimum Gasteiger partial charge on any atom is -0.464 e. The van der Waals surface area contributed by atoms with Gasteiger partial charge in [0.15, 0.2) is 5.69 Å². The smallest absolute Gasteiger partial charge is 0.358 e. The molecule has 0 bridgehead atoms. The molecule has 1 fully saturated rings. The van der Waals surface area contributed by atoms with Gasteiger partial charge in [-0.25, -0.2) is 4.79 Å². The summed E-state index contributed by atoms with van der Waals surface area (Å²) in [5.41, 5.74) is 0.599. The highest BCUT2D eigenvalue weighted by atomic mass is 16.5. The lowest BCUT2D eigenvalue weighted by Gasteiger charge is -2.09. The third-order valence-corrected chi connectivity index (χ3v) is 2.72. The van der Waals surface area contributed by atoms with Crippen molar-refractivity contribution in [2.45, 2.75) is 12.8 Å². The first-order valence-corrected chi connectivity index (χ1v) is 5.89. The summed E-state index contributed by atoms with van der Waals surface area (Å²) >= 11 is 0. The normalized spacial score (nSPS) is 13.9. The molecule has 1 amide bonds. The monoisotopic (exact) mass is 259 g/mol. The molecule has 0 N–H and O–H groups in total. The van der Waals surface area contributed by atoms with Crippen molar-refractivity contribution in [2.24, 2.45) is 0 Å². The van der Waals surface area contributed by atoms with Crippen molar-refractivity contribution in [1.82, 2.24) is 15.1 Å². The third-order valence-electron chi connectivity index (χ3n) is 2.72. The molecule has 1 aromatic heterocycles. The number of ether oxygens (including phenoxy) is 1. The molecule has 0 spiro atoms. The maximum atomic E-state index is 11.3. The Hall–Kier alpha value is -2.42. The highest BCUT2D eigenvalue weighted by Crippen LogP contribution is 2.07. The van der Waals surface area contributed by atoms with Crippen LogP contribution in [0.3, 0.4) is 0 Å². The fraction of sp³-hybridized carbons (Fsp3) is 0.385. The molecule has 0 unspecified atom stereocenters. The zero-order valence-electron chi connectivity index (χ0n) is 10.5. The Morgan fingerprint density at radius 2 is 2.32 bits per heavy atom. The van der Waals surface area contributed by atoms with Crippen molar-refractivity contribution in [3.05, 3.63) is 23.5 Å². The minimum absolute atomic E-state index is 0.140. The molecule has 0 radical (unpaired) electrons. The maximum Gasteiger partial charge on any atom is 0.358 e. The van der Waals surface area contributed by atoms with Crippen LogP contribution in [0.5, 0.6) is 0 Å². The van der Waals surface area contributed by atoms with E-state index in [4.69, 9.17) is 0 Å². The van der Waals surface area contributed by atoms with Crippen LogP contribution in [0.4, 0.5) is 0 Å². The topological polar surface area (TPSA) is 72.4 Å². The maximum absolute atomic E-state index is 11.3. The summed E-state index contributed by atoms with van der Waals surface area (Å²) in [5.74, 6) is 5.29. The fourth-order valence-corrected chi connectivity index (χ4v) is 1.71. The summed E-state index contributed by atoms with van der Waals surface area (Å²) in [7, 11) is 1.28. The van der Waals surface area contributed by atoms with Crippen molar-refractivity contribution in [3.8, 4) is 11.8 Å². The molecule has 6 nitrogen and oxygen atoms in total. The van der Waals surface area contributed by atoms with E-state index in [9.17, 15) is 9.59 Å². The number of aromatic nitrogens is 2. The van der Waals surface area contributed by atoms with E-state index in [0.29, 0.717) is 18.7 Å². The molecule has 2 rings (SSSR count). The second kappa shape index (κ2) is 5.96. The van der Waals surface area contributed by atoms with Crippen molar-refractivity contribution >= 4 is 11.9 Å². The van der Waals surface area contributed by atoms with Crippen LogP contribution in [-0.4, -0.2) is 47.2 Å². The van der Waals surface area contributed by atoms with E-state index in [1.54, 1.807) is 11.0 Å². The Morgan fingerprint density at radius 1 is 1.47 bits per heavy atom. The van der Waals surface area contributed by atoms with Gasteiger partial charge in [0.25, 0.3) is 0 Å². The number of esters is 1. The van der Waals surface area contributed by atoms with Crippen molar-refractivity contribution in [2.75, 3.05) is 20.2 Å². The number of carbonyl (C=O) groups excluding carboxylic acids is 2. The van der Waals surface area contributed by atoms with Crippen LogP contribution in [0.1, 0.15) is 29.0 Å². The summed E-state index contributed by atoms with van der Waals surface area (Å²) in [6, 6.07) is 3.10. The Morgan fingerprint density at radius 3 is 2.89 bits per heavy atom. The zero-order valence-corrected chi connectivity index (χ0v) is 10.5. The molecule has 1 aliphatic heterocycles. The van der Waals surface area contributed by atoms with E-state index in [2.05, 4.69) is 26.8 Å². The summed E-state index contributed by atoms with van der Waals surface area (Å²) in [4.78, 5) is 24.2. The van der Waals surface area contributed by atoms with E-state index in [1.807, 2.05) is 0 Å². The van der Waals surface area contributed by atoms with Gasteiger partial charge >= 0.3 is 5.97 Å². The van der Waals surface area contributed by atoms with Crippen molar-refractivity contribution in [3.63, 3.8) is 0 Å². The number of methoxy groups -OCH3 is 1. The molecule has 2 heterocycles. The first-order valence-electron chi connectivity index (χ1n) is 5.89. The number of hydrogen-bond acceptors (Lipinski definition) is 5. The van der Waals surface area contributed by atoms with Crippen LogP contribution in [0.2, 0.25) is 0 Å². The lowest BCUT2D eigenvalue weighted by molar-refractivity contribution is -0.127. The Balaban J connectivity index is 1.96. The SMILES string of the molecule is COC(=O)c1ccc(C#CCN2CCCC2=O)nn1. The van der Waals surface area contributed by atoms with Gasteiger partial charge in [-0.05, 0) is 24.5 Å². The fourth-order valence-electron chi connectivity index (χ4n) is 1.71. The molecule has 1 saturated heterocycles. The summed E-state index contributed by atoms with van der Waals surface area (Å²) in [5, 5.41) is 7.51. The van der Waals surface area contributed by atoms with Gasteiger partial charge in [-0.15, -0.1) is 10.2 Å². The highest BCUT2D eigenvalue weighted by molar-refractivity contribution is 5.86. The number of hydrogen-bond donors (Lipinski definition) is 0. The molecule has 0 atom stereocenters. The highest BCUT2D eigenvalue weighted by Gasteiger charge is 2.18. The van der Waals surface area contributed by atoms with Gasteiger partial charge in [0.2, 0.25) is 5.91 Å². The second-order valence-corrected chi connectivity index (χ2v) is 4.02. The van der Waals surface area contributed by atoms with Crippen molar-refractivity contribution < 1.29 is 14.3 Å².